The van der Waals surface area contributed by atoms with E-state index in [0.29, 0.717) is 16.0 Å². The maximum Gasteiger partial charge on any atom is 0.287 e. The van der Waals surface area contributed by atoms with Gasteiger partial charge in [-0.1, -0.05) is 18.2 Å². The maximum absolute atomic E-state index is 11.9. The molecular formula is C16H14BrNO4. The summed E-state index contributed by atoms with van der Waals surface area (Å²) in [6.07, 6.45) is 0. The fraction of sp³-hybridized carbons (Fsp3) is 0.188. The van der Waals surface area contributed by atoms with Gasteiger partial charge in [-0.25, -0.2) is 0 Å². The lowest BCUT2D eigenvalue weighted by Gasteiger charge is -2.20. The van der Waals surface area contributed by atoms with Crippen LogP contribution in [0.5, 0.6) is 0 Å². The summed E-state index contributed by atoms with van der Waals surface area (Å²) in [7, 11) is 0. The largest absolute Gasteiger partial charge is 0.458 e. The van der Waals surface area contributed by atoms with E-state index in [-0.39, 0.29) is 12.3 Å². The van der Waals surface area contributed by atoms with Crippen LogP contribution in [0.25, 0.3) is 11.0 Å². The Morgan fingerprint density at radius 2 is 2.05 bits per heavy atom. The highest BCUT2D eigenvalue weighted by molar-refractivity contribution is 9.10. The summed E-state index contributed by atoms with van der Waals surface area (Å²) in [6.45, 7) is 1.59. The molecular weight excluding hydrogens is 350 g/mol. The fourth-order valence-corrected chi connectivity index (χ4v) is 2.42. The number of carbonyl (C=O) groups excluding carboxylic acids is 1. The number of amides is 1. The first-order valence-electron chi connectivity index (χ1n) is 6.71. The van der Waals surface area contributed by atoms with Crippen molar-refractivity contribution in [1.29, 1.82) is 0 Å². The maximum atomic E-state index is 11.9. The third-order valence-electron chi connectivity index (χ3n) is 3.35. The molecule has 5 nitrogen and oxygen atoms in total. The van der Waals surface area contributed by atoms with Gasteiger partial charge in [0.1, 0.15) is 16.9 Å². The van der Waals surface area contributed by atoms with Gasteiger partial charge >= 0.3 is 0 Å². The first-order chi connectivity index (χ1) is 10.5. The average molecular weight is 364 g/mol. The molecule has 0 spiro atoms. The zero-order valence-corrected chi connectivity index (χ0v) is 13.4. The minimum Gasteiger partial charge on any atom is -0.458 e. The van der Waals surface area contributed by atoms with Gasteiger partial charge in [0.15, 0.2) is 10.4 Å². The Kier molecular flexibility index (Phi) is 3.80. The predicted molar refractivity (Wildman–Crippen MR) is 84.5 cm³/mol. The van der Waals surface area contributed by atoms with Crippen molar-refractivity contribution in [3.8, 4) is 0 Å². The van der Waals surface area contributed by atoms with Crippen molar-refractivity contribution < 1.29 is 18.7 Å². The van der Waals surface area contributed by atoms with Crippen LogP contribution < -0.4 is 5.32 Å². The third-order valence-corrected chi connectivity index (χ3v) is 3.77. The molecule has 2 aromatic heterocycles. The first-order valence-corrected chi connectivity index (χ1v) is 7.50. The predicted octanol–water partition coefficient (Wildman–Crippen LogP) is 3.43. The SMILES string of the molecule is CC(O)(CNC(=O)c1ccc(Br)o1)c1cc2ccccc2o1. The van der Waals surface area contributed by atoms with Crippen molar-refractivity contribution in [3.63, 3.8) is 0 Å². The second kappa shape index (κ2) is 5.62. The number of rotatable bonds is 4. The number of para-hydroxylation sites is 1. The number of nitrogens with one attached hydrogen (secondary N) is 1. The van der Waals surface area contributed by atoms with Gasteiger partial charge in [-0.15, -0.1) is 0 Å². The number of aliphatic hydroxyl groups is 1. The second-order valence-electron chi connectivity index (χ2n) is 5.21. The molecule has 0 fully saturated rings. The molecule has 0 bridgehead atoms. The van der Waals surface area contributed by atoms with E-state index in [1.807, 2.05) is 24.3 Å². The highest BCUT2D eigenvalue weighted by atomic mass is 79.9. The highest BCUT2D eigenvalue weighted by Crippen LogP contribution is 2.27. The monoisotopic (exact) mass is 363 g/mol. The van der Waals surface area contributed by atoms with Crippen molar-refractivity contribution in [2.24, 2.45) is 0 Å². The Morgan fingerprint density at radius 1 is 1.27 bits per heavy atom. The highest BCUT2D eigenvalue weighted by Gasteiger charge is 2.28. The standard InChI is InChI=1S/C16H14BrNO4/c1-16(20,9-18-15(19)12-6-7-14(17)22-12)13-8-10-4-2-3-5-11(10)21-13/h2-8,20H,9H2,1H3,(H,18,19). The smallest absolute Gasteiger partial charge is 0.287 e. The van der Waals surface area contributed by atoms with E-state index < -0.39 is 11.5 Å². The Morgan fingerprint density at radius 3 is 2.73 bits per heavy atom. The van der Waals surface area contributed by atoms with Gasteiger partial charge in [0.25, 0.3) is 5.91 Å². The molecule has 6 heteroatoms. The number of carbonyl (C=O) groups is 1. The minimum absolute atomic E-state index is 0.00394. The van der Waals surface area contributed by atoms with Crippen LogP contribution in [-0.4, -0.2) is 17.6 Å². The van der Waals surface area contributed by atoms with Crippen molar-refractivity contribution in [1.82, 2.24) is 5.32 Å². The summed E-state index contributed by atoms with van der Waals surface area (Å²) in [4.78, 5) is 11.9. The molecule has 1 atom stereocenters. The Bertz CT molecular complexity index is 785. The van der Waals surface area contributed by atoms with Crippen LogP contribution in [-0.2, 0) is 5.60 Å². The van der Waals surface area contributed by atoms with Crippen LogP contribution in [0.2, 0.25) is 0 Å². The van der Waals surface area contributed by atoms with Gasteiger partial charge < -0.3 is 19.3 Å². The topological polar surface area (TPSA) is 75.6 Å². The molecule has 114 valence electrons. The normalized spacial score (nSPS) is 14.0. The molecule has 1 unspecified atom stereocenters. The number of furan rings is 2. The van der Waals surface area contributed by atoms with Gasteiger partial charge in [0.05, 0.1) is 6.54 Å². The van der Waals surface area contributed by atoms with Crippen LogP contribution in [0.15, 0.2) is 56.0 Å². The molecule has 1 amide bonds. The molecule has 1 aromatic carbocycles. The number of halogens is 1. The van der Waals surface area contributed by atoms with Crippen molar-refractivity contribution >= 4 is 32.8 Å². The number of benzene rings is 1. The molecule has 0 aliphatic carbocycles. The molecule has 0 aliphatic heterocycles. The molecule has 0 radical (unpaired) electrons. The molecule has 3 aromatic rings. The summed E-state index contributed by atoms with van der Waals surface area (Å²) < 4.78 is 11.3. The molecule has 2 N–H and O–H groups in total. The van der Waals surface area contributed by atoms with E-state index in [1.165, 1.54) is 0 Å². The lowest BCUT2D eigenvalue weighted by molar-refractivity contribution is 0.0340. The number of hydrogen-bond donors (Lipinski definition) is 2. The van der Waals surface area contributed by atoms with Crippen LogP contribution in [0, 0.1) is 0 Å². The quantitative estimate of drug-likeness (QED) is 0.744. The van der Waals surface area contributed by atoms with Gasteiger partial charge in [-0.2, -0.15) is 0 Å². The summed E-state index contributed by atoms with van der Waals surface area (Å²) in [5.41, 5.74) is -0.627. The molecule has 0 saturated heterocycles. The van der Waals surface area contributed by atoms with E-state index in [2.05, 4.69) is 21.2 Å². The minimum atomic E-state index is -1.32. The van der Waals surface area contributed by atoms with Gasteiger partial charge in [-0.05, 0) is 47.1 Å². The van der Waals surface area contributed by atoms with Crippen LogP contribution in [0.1, 0.15) is 23.2 Å². The average Bonchev–Trinajstić information content (AvgIpc) is 3.11. The number of fused-ring (bicyclic) bond motifs is 1. The molecule has 0 saturated carbocycles. The van der Waals surface area contributed by atoms with Crippen LogP contribution in [0.4, 0.5) is 0 Å². The fourth-order valence-electron chi connectivity index (χ4n) is 2.11. The van der Waals surface area contributed by atoms with Crippen LogP contribution >= 0.6 is 15.9 Å². The second-order valence-corrected chi connectivity index (χ2v) is 5.99. The van der Waals surface area contributed by atoms with Gasteiger partial charge in [0, 0.05) is 5.39 Å². The lowest BCUT2D eigenvalue weighted by atomic mass is 10.0. The zero-order chi connectivity index (χ0) is 15.7. The molecule has 22 heavy (non-hydrogen) atoms. The third kappa shape index (κ3) is 2.93. The summed E-state index contributed by atoms with van der Waals surface area (Å²) in [5, 5.41) is 14.1. The van der Waals surface area contributed by atoms with Crippen molar-refractivity contribution in [2.45, 2.75) is 12.5 Å². The van der Waals surface area contributed by atoms with Crippen LogP contribution in [0.3, 0.4) is 0 Å². The Labute approximate surface area is 135 Å². The summed E-state index contributed by atoms with van der Waals surface area (Å²) in [5.74, 6) is 0.170. The van der Waals surface area contributed by atoms with E-state index in [4.69, 9.17) is 8.83 Å². The van der Waals surface area contributed by atoms with E-state index in [9.17, 15) is 9.90 Å². The molecule has 2 heterocycles. The summed E-state index contributed by atoms with van der Waals surface area (Å²) >= 11 is 3.14. The molecule has 0 aliphatic rings. The number of hydrogen-bond acceptors (Lipinski definition) is 4. The van der Waals surface area contributed by atoms with E-state index in [1.54, 1.807) is 25.1 Å². The molecule has 3 rings (SSSR count). The van der Waals surface area contributed by atoms with E-state index >= 15 is 0 Å². The zero-order valence-electron chi connectivity index (χ0n) is 11.8. The van der Waals surface area contributed by atoms with E-state index in [0.717, 1.165) is 5.39 Å². The van der Waals surface area contributed by atoms with Crippen molar-refractivity contribution in [3.05, 3.63) is 58.7 Å². The van der Waals surface area contributed by atoms with Gasteiger partial charge in [0.2, 0.25) is 0 Å². The first kappa shape index (κ1) is 14.9. The summed E-state index contributed by atoms with van der Waals surface area (Å²) in [6, 6.07) is 12.4. The Hall–Kier alpha value is -2.05. The Balaban J connectivity index is 1.74. The van der Waals surface area contributed by atoms with Crippen molar-refractivity contribution in [2.75, 3.05) is 6.54 Å². The van der Waals surface area contributed by atoms with Gasteiger partial charge in [-0.3, -0.25) is 4.79 Å². The lowest BCUT2D eigenvalue weighted by Crippen LogP contribution is -2.38.